The zero-order chi connectivity index (χ0) is 17.8. The van der Waals surface area contributed by atoms with Crippen molar-refractivity contribution in [1.29, 1.82) is 0 Å². The lowest BCUT2D eigenvalue weighted by Gasteiger charge is -2.28. The second-order valence-electron chi connectivity index (χ2n) is 7.74. The second kappa shape index (κ2) is 7.58. The van der Waals surface area contributed by atoms with E-state index in [0.29, 0.717) is 18.9 Å². The summed E-state index contributed by atoms with van der Waals surface area (Å²) < 4.78 is 6.09. The highest BCUT2D eigenvalue weighted by molar-refractivity contribution is 5.79. The van der Waals surface area contributed by atoms with Gasteiger partial charge in [-0.15, -0.1) is 0 Å². The van der Waals surface area contributed by atoms with Crippen LogP contribution in [0.5, 0.6) is 0 Å². The summed E-state index contributed by atoms with van der Waals surface area (Å²) >= 11 is 0. The van der Waals surface area contributed by atoms with E-state index in [-0.39, 0.29) is 11.3 Å². The third-order valence-corrected chi connectivity index (χ3v) is 6.00. The molecule has 1 amide bonds. The zero-order valence-electron chi connectivity index (χ0n) is 15.1. The van der Waals surface area contributed by atoms with Gasteiger partial charge in [0.05, 0.1) is 19.6 Å². The van der Waals surface area contributed by atoms with Gasteiger partial charge in [-0.1, -0.05) is 36.8 Å². The summed E-state index contributed by atoms with van der Waals surface area (Å²) in [5.74, 6) is 0.832. The van der Waals surface area contributed by atoms with Gasteiger partial charge in [-0.25, -0.2) is 0 Å². The number of aromatic nitrogens is 1. The Kier molecular flexibility index (Phi) is 5.02. The van der Waals surface area contributed by atoms with Gasteiger partial charge >= 0.3 is 0 Å². The van der Waals surface area contributed by atoms with Crippen LogP contribution in [0.1, 0.15) is 30.4 Å². The van der Waals surface area contributed by atoms with Crippen LogP contribution in [0, 0.1) is 11.3 Å². The molecule has 0 spiro atoms. The molecule has 2 aliphatic rings. The van der Waals surface area contributed by atoms with Gasteiger partial charge in [0.25, 0.3) is 0 Å². The lowest BCUT2D eigenvalue weighted by molar-refractivity contribution is -0.130. The van der Waals surface area contributed by atoms with Crippen LogP contribution in [0.4, 0.5) is 0 Å². The molecule has 2 atom stereocenters. The van der Waals surface area contributed by atoms with E-state index in [0.717, 1.165) is 30.8 Å². The maximum atomic E-state index is 12.8. The molecule has 136 valence electrons. The first-order valence-electron chi connectivity index (χ1n) is 9.54. The third-order valence-electron chi connectivity index (χ3n) is 6.00. The minimum atomic E-state index is 0.152. The summed E-state index contributed by atoms with van der Waals surface area (Å²) in [4.78, 5) is 18.9. The number of likely N-dealkylation sites (tertiary alicyclic amines) is 1. The fraction of sp³-hybridized carbons (Fsp3) is 0.455. The first kappa shape index (κ1) is 17.2. The molecule has 1 saturated carbocycles. The highest BCUT2D eigenvalue weighted by Crippen LogP contribution is 2.49. The van der Waals surface area contributed by atoms with Crippen LogP contribution < -0.4 is 0 Å². The molecule has 1 aliphatic heterocycles. The predicted molar refractivity (Wildman–Crippen MR) is 100 cm³/mol. The maximum absolute atomic E-state index is 12.8. The van der Waals surface area contributed by atoms with Gasteiger partial charge in [0.15, 0.2) is 0 Å². The smallest absolute Gasteiger partial charge is 0.227 e. The molecule has 0 N–H and O–H groups in total. The lowest BCUT2D eigenvalue weighted by atomic mass is 9.81. The Morgan fingerprint density at radius 3 is 2.77 bits per heavy atom. The standard InChI is InChI=1S/C22H26N2O2/c25-21(13-18-5-2-1-3-6-18)24-14-20-7-4-10-22(20,16-24)17-26-15-19-8-11-23-12-9-19/h1-3,5-6,8-9,11-12,20H,4,7,10,13-17H2/t20-,22+/m1/s1. The molecule has 4 nitrogen and oxygen atoms in total. The molecule has 2 fully saturated rings. The van der Waals surface area contributed by atoms with E-state index in [1.807, 2.05) is 42.5 Å². The zero-order valence-corrected chi connectivity index (χ0v) is 15.1. The summed E-state index contributed by atoms with van der Waals surface area (Å²) in [6, 6.07) is 14.0. The van der Waals surface area contributed by atoms with Crippen LogP contribution in [0.2, 0.25) is 0 Å². The van der Waals surface area contributed by atoms with Crippen molar-refractivity contribution in [2.45, 2.75) is 32.3 Å². The van der Waals surface area contributed by atoms with E-state index < -0.39 is 0 Å². The van der Waals surface area contributed by atoms with Crippen LogP contribution in [-0.4, -0.2) is 35.5 Å². The molecule has 1 aliphatic carbocycles. The number of rotatable bonds is 6. The van der Waals surface area contributed by atoms with Crippen molar-refractivity contribution < 1.29 is 9.53 Å². The Bertz CT molecular complexity index is 734. The number of hydrogen-bond acceptors (Lipinski definition) is 3. The Morgan fingerprint density at radius 1 is 1.15 bits per heavy atom. The molecule has 0 bridgehead atoms. The number of hydrogen-bond donors (Lipinski definition) is 0. The highest BCUT2D eigenvalue weighted by atomic mass is 16.5. The SMILES string of the molecule is O=C(Cc1ccccc1)N1C[C@H]2CCC[C@@]2(COCc2ccncc2)C1. The number of nitrogens with zero attached hydrogens (tertiary/aromatic N) is 2. The number of amides is 1. The Hall–Kier alpha value is -2.20. The van der Waals surface area contributed by atoms with E-state index >= 15 is 0 Å². The average molecular weight is 350 g/mol. The van der Waals surface area contributed by atoms with Gasteiger partial charge in [0.2, 0.25) is 5.91 Å². The van der Waals surface area contributed by atoms with Gasteiger partial charge in [0.1, 0.15) is 0 Å². The van der Waals surface area contributed by atoms with Crippen molar-refractivity contribution in [2.24, 2.45) is 11.3 Å². The van der Waals surface area contributed by atoms with E-state index in [2.05, 4.69) is 9.88 Å². The topological polar surface area (TPSA) is 42.4 Å². The normalized spacial score (nSPS) is 24.6. The largest absolute Gasteiger partial charge is 0.376 e. The van der Waals surface area contributed by atoms with Crippen LogP contribution in [0.3, 0.4) is 0 Å². The van der Waals surface area contributed by atoms with Crippen LogP contribution in [0.25, 0.3) is 0 Å². The summed E-state index contributed by atoms with van der Waals surface area (Å²) in [6.45, 7) is 3.11. The number of carbonyl (C=O) groups is 1. The Labute approximate surface area is 155 Å². The quantitative estimate of drug-likeness (QED) is 0.801. The number of carbonyl (C=O) groups excluding carboxylic acids is 1. The minimum absolute atomic E-state index is 0.152. The van der Waals surface area contributed by atoms with Gasteiger partial charge in [0, 0.05) is 30.9 Å². The third kappa shape index (κ3) is 3.65. The molecule has 1 saturated heterocycles. The van der Waals surface area contributed by atoms with Gasteiger partial charge in [-0.3, -0.25) is 9.78 Å². The van der Waals surface area contributed by atoms with Crippen LogP contribution >= 0.6 is 0 Å². The molecule has 26 heavy (non-hydrogen) atoms. The average Bonchev–Trinajstić information content (AvgIpc) is 3.21. The van der Waals surface area contributed by atoms with E-state index in [4.69, 9.17) is 4.74 Å². The minimum Gasteiger partial charge on any atom is -0.376 e. The fourth-order valence-electron chi connectivity index (χ4n) is 4.57. The molecule has 2 aromatic rings. The molecule has 4 heteroatoms. The van der Waals surface area contributed by atoms with Crippen LogP contribution in [0.15, 0.2) is 54.9 Å². The van der Waals surface area contributed by atoms with Crippen molar-refractivity contribution in [2.75, 3.05) is 19.7 Å². The van der Waals surface area contributed by atoms with Gasteiger partial charge in [-0.2, -0.15) is 0 Å². The van der Waals surface area contributed by atoms with Crippen LogP contribution in [-0.2, 0) is 22.6 Å². The first-order chi connectivity index (χ1) is 12.8. The van der Waals surface area contributed by atoms with Gasteiger partial charge in [-0.05, 0) is 42.0 Å². The van der Waals surface area contributed by atoms with Gasteiger partial charge < -0.3 is 9.64 Å². The lowest BCUT2D eigenvalue weighted by Crippen LogP contribution is -2.35. The highest BCUT2D eigenvalue weighted by Gasteiger charge is 2.50. The molecular formula is C22H26N2O2. The molecule has 2 heterocycles. The van der Waals surface area contributed by atoms with E-state index in [1.54, 1.807) is 12.4 Å². The monoisotopic (exact) mass is 350 g/mol. The van der Waals surface area contributed by atoms with Crippen molar-refractivity contribution in [3.63, 3.8) is 0 Å². The van der Waals surface area contributed by atoms with Crippen molar-refractivity contribution >= 4 is 5.91 Å². The number of benzene rings is 1. The Balaban J connectivity index is 1.36. The summed E-state index contributed by atoms with van der Waals surface area (Å²) in [6.07, 6.45) is 7.74. The number of fused-ring (bicyclic) bond motifs is 1. The summed E-state index contributed by atoms with van der Waals surface area (Å²) in [5, 5.41) is 0. The second-order valence-corrected chi connectivity index (χ2v) is 7.74. The first-order valence-corrected chi connectivity index (χ1v) is 9.54. The van der Waals surface area contributed by atoms with Crippen molar-refractivity contribution in [1.82, 2.24) is 9.88 Å². The summed E-state index contributed by atoms with van der Waals surface area (Å²) in [7, 11) is 0. The van der Waals surface area contributed by atoms with Crippen molar-refractivity contribution in [3.8, 4) is 0 Å². The molecule has 1 aromatic heterocycles. The van der Waals surface area contributed by atoms with E-state index in [1.165, 1.54) is 19.3 Å². The predicted octanol–water partition coefficient (Wildman–Crippen LogP) is 3.47. The summed E-state index contributed by atoms with van der Waals surface area (Å²) in [5.41, 5.74) is 2.40. The molecule has 4 rings (SSSR count). The number of ether oxygens (including phenoxy) is 1. The molecular weight excluding hydrogens is 324 g/mol. The molecule has 1 aromatic carbocycles. The maximum Gasteiger partial charge on any atom is 0.227 e. The number of pyridine rings is 1. The Morgan fingerprint density at radius 2 is 1.96 bits per heavy atom. The molecule has 0 unspecified atom stereocenters. The van der Waals surface area contributed by atoms with E-state index in [9.17, 15) is 4.79 Å². The molecule has 0 radical (unpaired) electrons. The fourth-order valence-corrected chi connectivity index (χ4v) is 4.57. The van der Waals surface area contributed by atoms with Crippen molar-refractivity contribution in [3.05, 3.63) is 66.0 Å².